The number of anilines is 1. The van der Waals surface area contributed by atoms with Crippen LogP contribution in [-0.2, 0) is 4.79 Å². The van der Waals surface area contributed by atoms with Crippen LogP contribution in [0.5, 0.6) is 0 Å². The third kappa shape index (κ3) is 4.67. The van der Waals surface area contributed by atoms with E-state index in [1.165, 1.54) is 6.07 Å². The molecule has 0 aliphatic rings. The Morgan fingerprint density at radius 3 is 2.64 bits per heavy atom. The molecule has 0 fully saturated rings. The summed E-state index contributed by atoms with van der Waals surface area (Å²) in [6, 6.07) is 10.7. The molecule has 4 nitrogen and oxygen atoms in total. The molecule has 1 heterocycles. The van der Waals surface area contributed by atoms with E-state index in [9.17, 15) is 13.6 Å². The second kappa shape index (κ2) is 7.79. The van der Waals surface area contributed by atoms with Crippen molar-refractivity contribution in [2.24, 2.45) is 0 Å². The first-order valence-corrected chi connectivity index (χ1v) is 8.88. The lowest BCUT2D eigenvalue weighted by Gasteiger charge is -2.04. The number of nitrogens with one attached hydrogen (secondary N) is 1. The molecule has 2 aromatic carbocycles. The van der Waals surface area contributed by atoms with E-state index < -0.39 is 11.6 Å². The molecule has 0 saturated carbocycles. The molecule has 8 heteroatoms. The number of carbonyl (C=O) groups excluding carboxylic acids is 1. The van der Waals surface area contributed by atoms with Crippen LogP contribution in [0.2, 0.25) is 0 Å². The zero-order valence-electron chi connectivity index (χ0n) is 12.6. The van der Waals surface area contributed by atoms with Gasteiger partial charge in [-0.05, 0) is 24.3 Å². The molecule has 1 N–H and O–H groups in total. The standard InChI is InChI=1S/C17H11BrF2N2O2S/c18-11-3-1-10(2-4-11)15-8-21-17(24-15)25-9-16(23)22-12-5-6-13(19)14(20)7-12/h1-8H,9H2,(H,22,23). The summed E-state index contributed by atoms with van der Waals surface area (Å²) in [5.41, 5.74) is 1.06. The van der Waals surface area contributed by atoms with Gasteiger partial charge in [-0.3, -0.25) is 4.79 Å². The van der Waals surface area contributed by atoms with Gasteiger partial charge in [0.25, 0.3) is 5.22 Å². The molecule has 3 rings (SSSR count). The summed E-state index contributed by atoms with van der Waals surface area (Å²) >= 11 is 4.47. The van der Waals surface area contributed by atoms with Crippen molar-refractivity contribution in [2.75, 3.05) is 11.1 Å². The fourth-order valence-electron chi connectivity index (χ4n) is 1.97. The monoisotopic (exact) mass is 424 g/mol. The van der Waals surface area contributed by atoms with Crippen LogP contribution in [0.4, 0.5) is 14.5 Å². The number of oxazole rings is 1. The molecule has 1 aromatic heterocycles. The maximum atomic E-state index is 13.1. The van der Waals surface area contributed by atoms with Gasteiger partial charge >= 0.3 is 0 Å². The fraction of sp³-hybridized carbons (Fsp3) is 0.0588. The maximum absolute atomic E-state index is 13.1. The van der Waals surface area contributed by atoms with E-state index in [0.29, 0.717) is 11.0 Å². The fourth-order valence-corrected chi connectivity index (χ4v) is 2.84. The summed E-state index contributed by atoms with van der Waals surface area (Å²) < 4.78 is 32.5. The Bertz CT molecular complexity index is 900. The van der Waals surface area contributed by atoms with Gasteiger partial charge in [0.1, 0.15) is 0 Å². The highest BCUT2D eigenvalue weighted by Crippen LogP contribution is 2.26. The molecule has 3 aromatic rings. The second-order valence-electron chi connectivity index (χ2n) is 4.96. The van der Waals surface area contributed by atoms with E-state index in [-0.39, 0.29) is 17.3 Å². The summed E-state index contributed by atoms with van der Waals surface area (Å²) in [4.78, 5) is 16.0. The summed E-state index contributed by atoms with van der Waals surface area (Å²) in [7, 11) is 0. The molecular weight excluding hydrogens is 414 g/mol. The topological polar surface area (TPSA) is 55.1 Å². The Labute approximate surface area is 154 Å². The minimum Gasteiger partial charge on any atom is -0.431 e. The number of nitrogens with zero attached hydrogens (tertiary/aromatic N) is 1. The smallest absolute Gasteiger partial charge is 0.256 e. The molecule has 0 spiro atoms. The van der Waals surface area contributed by atoms with Crippen LogP contribution in [0.15, 0.2) is 62.8 Å². The lowest BCUT2D eigenvalue weighted by molar-refractivity contribution is -0.113. The largest absolute Gasteiger partial charge is 0.431 e. The maximum Gasteiger partial charge on any atom is 0.256 e. The van der Waals surface area contributed by atoms with Gasteiger partial charge in [0.15, 0.2) is 17.4 Å². The Morgan fingerprint density at radius 2 is 1.92 bits per heavy atom. The minimum absolute atomic E-state index is 0.0271. The summed E-state index contributed by atoms with van der Waals surface area (Å²) in [5, 5.41) is 2.83. The van der Waals surface area contributed by atoms with E-state index in [2.05, 4.69) is 26.2 Å². The molecule has 1 amide bonds. The molecule has 25 heavy (non-hydrogen) atoms. The third-order valence-electron chi connectivity index (χ3n) is 3.14. The van der Waals surface area contributed by atoms with Crippen molar-refractivity contribution in [3.05, 3.63) is 64.8 Å². The lowest BCUT2D eigenvalue weighted by Crippen LogP contribution is -2.14. The van der Waals surface area contributed by atoms with Crippen molar-refractivity contribution in [1.82, 2.24) is 4.98 Å². The van der Waals surface area contributed by atoms with Gasteiger partial charge < -0.3 is 9.73 Å². The first-order chi connectivity index (χ1) is 12.0. The van der Waals surface area contributed by atoms with Gasteiger partial charge in [0.2, 0.25) is 5.91 Å². The number of hydrogen-bond acceptors (Lipinski definition) is 4. The van der Waals surface area contributed by atoms with Crippen LogP contribution in [-0.4, -0.2) is 16.6 Å². The van der Waals surface area contributed by atoms with Gasteiger partial charge in [-0.15, -0.1) is 0 Å². The highest BCUT2D eigenvalue weighted by molar-refractivity contribution is 9.10. The summed E-state index contributed by atoms with van der Waals surface area (Å²) in [6.45, 7) is 0. The predicted molar refractivity (Wildman–Crippen MR) is 95.4 cm³/mol. The average molecular weight is 425 g/mol. The normalized spacial score (nSPS) is 10.7. The van der Waals surface area contributed by atoms with E-state index in [1.807, 2.05) is 24.3 Å². The molecule has 0 bridgehead atoms. The number of benzene rings is 2. The van der Waals surface area contributed by atoms with Gasteiger partial charge in [-0.2, -0.15) is 0 Å². The van der Waals surface area contributed by atoms with Crippen LogP contribution in [0.25, 0.3) is 11.3 Å². The summed E-state index contributed by atoms with van der Waals surface area (Å²) in [6.07, 6.45) is 1.58. The number of thioether (sulfide) groups is 1. The van der Waals surface area contributed by atoms with E-state index in [1.54, 1.807) is 6.20 Å². The Hall–Kier alpha value is -2.19. The van der Waals surface area contributed by atoms with Gasteiger partial charge in [0.05, 0.1) is 11.9 Å². The van der Waals surface area contributed by atoms with E-state index in [0.717, 1.165) is 33.9 Å². The van der Waals surface area contributed by atoms with Crippen LogP contribution >= 0.6 is 27.7 Å². The van der Waals surface area contributed by atoms with Crippen LogP contribution in [0.3, 0.4) is 0 Å². The SMILES string of the molecule is O=C(CSc1ncc(-c2ccc(Br)cc2)o1)Nc1ccc(F)c(F)c1. The lowest BCUT2D eigenvalue weighted by atomic mass is 10.2. The molecular formula is C17H11BrF2N2O2S. The first kappa shape index (κ1) is 17.6. The minimum atomic E-state index is -1.02. The first-order valence-electron chi connectivity index (χ1n) is 7.11. The number of carbonyl (C=O) groups is 1. The molecule has 0 unspecified atom stereocenters. The zero-order chi connectivity index (χ0) is 17.8. The van der Waals surface area contributed by atoms with Crippen molar-refractivity contribution in [1.29, 1.82) is 0 Å². The molecule has 128 valence electrons. The van der Waals surface area contributed by atoms with Gasteiger partial charge in [0, 0.05) is 21.8 Å². The molecule has 0 radical (unpaired) electrons. The van der Waals surface area contributed by atoms with Crippen molar-refractivity contribution in [3.63, 3.8) is 0 Å². The third-order valence-corrected chi connectivity index (χ3v) is 4.51. The Morgan fingerprint density at radius 1 is 1.16 bits per heavy atom. The van der Waals surface area contributed by atoms with Crippen LogP contribution in [0, 0.1) is 11.6 Å². The molecule has 0 aliphatic heterocycles. The molecule has 0 atom stereocenters. The highest BCUT2D eigenvalue weighted by atomic mass is 79.9. The van der Waals surface area contributed by atoms with Crippen LogP contribution in [0.1, 0.15) is 0 Å². The van der Waals surface area contributed by atoms with Crippen molar-refractivity contribution < 1.29 is 18.0 Å². The van der Waals surface area contributed by atoms with E-state index in [4.69, 9.17) is 4.42 Å². The number of hydrogen-bond donors (Lipinski definition) is 1. The van der Waals surface area contributed by atoms with Crippen LogP contribution < -0.4 is 5.32 Å². The number of halogens is 3. The van der Waals surface area contributed by atoms with Gasteiger partial charge in [-0.1, -0.05) is 39.8 Å². The Kier molecular flexibility index (Phi) is 5.50. The number of rotatable bonds is 5. The second-order valence-corrected chi connectivity index (χ2v) is 6.81. The quantitative estimate of drug-likeness (QED) is 0.577. The average Bonchev–Trinajstić information content (AvgIpc) is 3.06. The zero-order valence-corrected chi connectivity index (χ0v) is 15.0. The predicted octanol–water partition coefficient (Wildman–Crippen LogP) is 5.11. The highest BCUT2D eigenvalue weighted by Gasteiger charge is 2.11. The van der Waals surface area contributed by atoms with Gasteiger partial charge in [-0.25, -0.2) is 13.8 Å². The van der Waals surface area contributed by atoms with Crippen molar-refractivity contribution in [3.8, 4) is 11.3 Å². The summed E-state index contributed by atoms with van der Waals surface area (Å²) in [5.74, 6) is -1.74. The molecule has 0 aliphatic carbocycles. The number of amides is 1. The van der Waals surface area contributed by atoms with E-state index >= 15 is 0 Å². The Balaban J connectivity index is 1.57. The molecule has 0 saturated heterocycles. The number of aromatic nitrogens is 1. The van der Waals surface area contributed by atoms with Crippen molar-refractivity contribution >= 4 is 39.3 Å². The van der Waals surface area contributed by atoms with Crippen molar-refractivity contribution in [2.45, 2.75) is 5.22 Å².